The van der Waals surface area contributed by atoms with E-state index in [1.165, 1.54) is 56.2 Å². The lowest BCUT2D eigenvalue weighted by molar-refractivity contribution is -0.118. The van der Waals surface area contributed by atoms with Gasteiger partial charge in [-0.1, -0.05) is 0 Å². The summed E-state index contributed by atoms with van der Waals surface area (Å²) in [6.07, 6.45) is 4.51. The Labute approximate surface area is 184 Å². The molecule has 11 heteroatoms. The molecule has 4 rings (SSSR count). The number of aromatic nitrogens is 2. The van der Waals surface area contributed by atoms with E-state index in [2.05, 4.69) is 15.3 Å². The molecule has 2 aromatic heterocycles. The van der Waals surface area contributed by atoms with Crippen molar-refractivity contribution in [3.05, 3.63) is 35.0 Å². The van der Waals surface area contributed by atoms with Crippen molar-refractivity contribution in [3.63, 3.8) is 0 Å². The van der Waals surface area contributed by atoms with Crippen LogP contribution >= 0.6 is 11.3 Å². The Kier molecular flexibility index (Phi) is 5.82. The molecule has 0 aliphatic heterocycles. The van der Waals surface area contributed by atoms with Gasteiger partial charge in [-0.2, -0.15) is 0 Å². The molecule has 3 aromatic rings. The lowest BCUT2D eigenvalue weighted by atomic mass is 10.2. The molecule has 1 aliphatic rings. The highest BCUT2D eigenvalue weighted by atomic mass is 32.2. The van der Waals surface area contributed by atoms with Gasteiger partial charge in [-0.05, 0) is 43.0 Å². The van der Waals surface area contributed by atoms with Crippen LogP contribution in [0, 0.1) is 0 Å². The van der Waals surface area contributed by atoms with Crippen molar-refractivity contribution in [2.75, 3.05) is 33.1 Å². The summed E-state index contributed by atoms with van der Waals surface area (Å²) in [5, 5.41) is 3.54. The van der Waals surface area contributed by atoms with Gasteiger partial charge in [-0.15, -0.1) is 11.3 Å². The number of aryl methyl sites for hydroxylation is 2. The maximum atomic E-state index is 12.6. The quantitative estimate of drug-likeness (QED) is 0.574. The number of anilines is 1. The average Bonchev–Trinajstić information content (AvgIpc) is 3.33. The first kappa shape index (κ1) is 21.5. The predicted molar refractivity (Wildman–Crippen MR) is 117 cm³/mol. The minimum absolute atomic E-state index is 0.0425. The van der Waals surface area contributed by atoms with Crippen LogP contribution in [-0.4, -0.2) is 56.4 Å². The standard InChI is InChI=1S/C20H22N4O5S2/c1-24(2)31(26,27)12-7-8-15(28-3)14(9-12)23-17(25)10-29-19-18-13-5-4-6-16(13)30-20(18)22-11-21-19/h7-9,11H,4-6,10H2,1-3H3,(H,23,25). The lowest BCUT2D eigenvalue weighted by Crippen LogP contribution is -2.23. The van der Waals surface area contributed by atoms with E-state index in [0.29, 0.717) is 11.6 Å². The molecule has 0 saturated carbocycles. The number of thiophene rings is 1. The molecule has 0 bridgehead atoms. The largest absolute Gasteiger partial charge is 0.495 e. The number of carbonyl (C=O) groups excluding carboxylic acids is 1. The number of hydrogen-bond acceptors (Lipinski definition) is 8. The van der Waals surface area contributed by atoms with Crippen molar-refractivity contribution >= 4 is 43.2 Å². The van der Waals surface area contributed by atoms with E-state index in [1.807, 2.05) is 0 Å². The fourth-order valence-electron chi connectivity index (χ4n) is 3.49. The van der Waals surface area contributed by atoms with Crippen LogP contribution in [0.25, 0.3) is 10.2 Å². The molecule has 0 radical (unpaired) electrons. The zero-order valence-corrected chi connectivity index (χ0v) is 19.0. The third kappa shape index (κ3) is 4.08. The fraction of sp³-hybridized carbons (Fsp3) is 0.350. The van der Waals surface area contributed by atoms with Crippen molar-refractivity contribution in [2.24, 2.45) is 0 Å². The summed E-state index contributed by atoms with van der Waals surface area (Å²) in [5.74, 6) is 0.262. The van der Waals surface area contributed by atoms with Crippen LogP contribution in [-0.2, 0) is 27.7 Å². The fourth-order valence-corrected chi connectivity index (χ4v) is 5.63. The topological polar surface area (TPSA) is 111 Å². The normalized spacial score (nSPS) is 13.4. The van der Waals surface area contributed by atoms with Gasteiger partial charge in [0.1, 0.15) is 16.9 Å². The Morgan fingerprint density at radius 3 is 2.81 bits per heavy atom. The molecule has 0 atom stereocenters. The third-order valence-corrected chi connectivity index (χ3v) is 8.04. The third-order valence-electron chi connectivity index (χ3n) is 5.03. The number of ether oxygens (including phenoxy) is 2. The van der Waals surface area contributed by atoms with Gasteiger partial charge in [0.05, 0.1) is 23.1 Å². The Morgan fingerprint density at radius 1 is 1.26 bits per heavy atom. The van der Waals surface area contributed by atoms with Crippen LogP contribution in [0.2, 0.25) is 0 Å². The number of amides is 1. The van der Waals surface area contributed by atoms with Gasteiger partial charge in [-0.25, -0.2) is 22.7 Å². The van der Waals surface area contributed by atoms with Gasteiger partial charge in [0.15, 0.2) is 6.61 Å². The number of rotatable bonds is 7. The minimum atomic E-state index is -3.66. The monoisotopic (exact) mass is 462 g/mol. The second kappa shape index (κ2) is 8.40. The second-order valence-corrected chi connectivity index (χ2v) is 10.4. The van der Waals surface area contributed by atoms with E-state index < -0.39 is 15.9 Å². The second-order valence-electron chi connectivity index (χ2n) is 7.20. The molecule has 2 heterocycles. The molecule has 31 heavy (non-hydrogen) atoms. The Bertz CT molecular complexity index is 1250. The highest BCUT2D eigenvalue weighted by Gasteiger charge is 2.23. The van der Waals surface area contributed by atoms with Crippen molar-refractivity contribution in [1.82, 2.24) is 14.3 Å². The van der Waals surface area contributed by atoms with Gasteiger partial charge in [-0.3, -0.25) is 4.79 Å². The molecule has 9 nitrogen and oxygen atoms in total. The first-order valence-electron chi connectivity index (χ1n) is 9.59. The van der Waals surface area contributed by atoms with Crippen molar-refractivity contribution in [2.45, 2.75) is 24.2 Å². The summed E-state index contributed by atoms with van der Waals surface area (Å²) in [5.41, 5.74) is 1.45. The number of carbonyl (C=O) groups is 1. The number of fused-ring (bicyclic) bond motifs is 3. The smallest absolute Gasteiger partial charge is 0.262 e. The molecular weight excluding hydrogens is 440 g/mol. The highest BCUT2D eigenvalue weighted by molar-refractivity contribution is 7.89. The van der Waals surface area contributed by atoms with E-state index in [1.54, 1.807) is 11.3 Å². The molecule has 164 valence electrons. The van der Waals surface area contributed by atoms with Crippen LogP contribution < -0.4 is 14.8 Å². The molecule has 0 unspecified atom stereocenters. The molecule has 1 N–H and O–H groups in total. The summed E-state index contributed by atoms with van der Waals surface area (Å²) >= 11 is 1.64. The molecular formula is C20H22N4O5S2. The number of nitrogens with one attached hydrogen (secondary N) is 1. The summed E-state index contributed by atoms with van der Waals surface area (Å²) in [7, 11) is 0.661. The SMILES string of the molecule is COc1ccc(S(=O)(=O)N(C)C)cc1NC(=O)COc1ncnc2sc3c(c12)CCC3. The maximum Gasteiger partial charge on any atom is 0.262 e. The molecule has 0 spiro atoms. The average molecular weight is 463 g/mol. The van der Waals surface area contributed by atoms with Crippen LogP contribution in [0.5, 0.6) is 11.6 Å². The van der Waals surface area contributed by atoms with Gasteiger partial charge in [0.25, 0.3) is 5.91 Å². The molecule has 1 amide bonds. The zero-order chi connectivity index (χ0) is 22.2. The molecule has 0 saturated heterocycles. The Hall–Kier alpha value is -2.76. The van der Waals surface area contributed by atoms with E-state index in [9.17, 15) is 13.2 Å². The summed E-state index contributed by atoms with van der Waals surface area (Å²) in [6, 6.07) is 4.28. The highest BCUT2D eigenvalue weighted by Crippen LogP contribution is 2.39. The van der Waals surface area contributed by atoms with Gasteiger partial charge in [0.2, 0.25) is 15.9 Å². The van der Waals surface area contributed by atoms with Gasteiger partial charge >= 0.3 is 0 Å². The maximum absolute atomic E-state index is 12.6. The molecule has 0 fully saturated rings. The zero-order valence-electron chi connectivity index (χ0n) is 17.3. The molecule has 1 aromatic carbocycles. The van der Waals surface area contributed by atoms with Crippen molar-refractivity contribution < 1.29 is 22.7 Å². The number of hydrogen-bond donors (Lipinski definition) is 1. The van der Waals surface area contributed by atoms with Crippen LogP contribution in [0.15, 0.2) is 29.4 Å². The minimum Gasteiger partial charge on any atom is -0.495 e. The first-order valence-corrected chi connectivity index (χ1v) is 11.9. The van der Waals surface area contributed by atoms with Crippen LogP contribution in [0.4, 0.5) is 5.69 Å². The van der Waals surface area contributed by atoms with E-state index in [0.717, 1.165) is 33.8 Å². The summed E-state index contributed by atoms with van der Waals surface area (Å²) in [4.78, 5) is 23.3. The molecule has 1 aliphatic carbocycles. The van der Waals surface area contributed by atoms with Crippen LogP contribution in [0.3, 0.4) is 0 Å². The van der Waals surface area contributed by atoms with Crippen LogP contribution in [0.1, 0.15) is 16.9 Å². The first-order chi connectivity index (χ1) is 14.8. The van der Waals surface area contributed by atoms with E-state index in [-0.39, 0.29) is 17.2 Å². The van der Waals surface area contributed by atoms with E-state index >= 15 is 0 Å². The van der Waals surface area contributed by atoms with Crippen molar-refractivity contribution in [3.8, 4) is 11.6 Å². The van der Waals surface area contributed by atoms with Gasteiger partial charge in [0, 0.05) is 19.0 Å². The number of benzene rings is 1. The lowest BCUT2D eigenvalue weighted by Gasteiger charge is -2.15. The van der Waals surface area contributed by atoms with E-state index in [4.69, 9.17) is 9.47 Å². The Morgan fingerprint density at radius 2 is 2.06 bits per heavy atom. The summed E-state index contributed by atoms with van der Waals surface area (Å²) < 4.78 is 36.9. The van der Waals surface area contributed by atoms with Crippen molar-refractivity contribution in [1.29, 1.82) is 0 Å². The predicted octanol–water partition coefficient (Wildman–Crippen LogP) is 2.46. The number of sulfonamides is 1. The number of nitrogens with zero attached hydrogens (tertiary/aromatic N) is 3. The number of methoxy groups -OCH3 is 1. The van der Waals surface area contributed by atoms with Gasteiger partial charge < -0.3 is 14.8 Å². The summed E-state index contributed by atoms with van der Waals surface area (Å²) in [6.45, 7) is -0.287. The Balaban J connectivity index is 1.53.